The molecule has 0 aliphatic rings. The van der Waals surface area contributed by atoms with Gasteiger partial charge in [0.05, 0.1) is 0 Å². The van der Waals surface area contributed by atoms with E-state index >= 15 is 0 Å². The largest absolute Gasteiger partial charge is 0.330 e. The summed E-state index contributed by atoms with van der Waals surface area (Å²) in [5, 5.41) is 7.81. The summed E-state index contributed by atoms with van der Waals surface area (Å²) in [7, 11) is 0. The van der Waals surface area contributed by atoms with Gasteiger partial charge in [-0.15, -0.1) is 0 Å². The molecule has 0 atom stereocenters. The molecule has 0 saturated heterocycles. The number of rotatable bonds is 6. The smallest absolute Gasteiger partial charge is 0.125 e. The van der Waals surface area contributed by atoms with Crippen LogP contribution in [0.15, 0.2) is 54.8 Å². The van der Waals surface area contributed by atoms with Crippen molar-refractivity contribution in [1.82, 2.24) is 4.57 Å². The lowest BCUT2D eigenvalue weighted by Crippen LogP contribution is -2.17. The second-order valence-electron chi connectivity index (χ2n) is 4.24. The van der Waals surface area contributed by atoms with Gasteiger partial charge in [0, 0.05) is 12.7 Å². The summed E-state index contributed by atoms with van der Waals surface area (Å²) in [6.07, 6.45) is 16.7. The molecule has 1 aromatic rings. The molecule has 0 fully saturated rings. The summed E-state index contributed by atoms with van der Waals surface area (Å²) >= 11 is 0. The first-order chi connectivity index (χ1) is 8.74. The van der Waals surface area contributed by atoms with Gasteiger partial charge in [0.25, 0.3) is 0 Å². The molecule has 0 spiro atoms. The molecular weight excluding hydrogens is 220 g/mol. The summed E-state index contributed by atoms with van der Waals surface area (Å²) in [6.45, 7) is 4.80. The predicted molar refractivity (Wildman–Crippen MR) is 77.4 cm³/mol. The average molecular weight is 242 g/mol. The normalized spacial score (nSPS) is 12.1. The van der Waals surface area contributed by atoms with Crippen LogP contribution in [0.1, 0.15) is 25.3 Å². The lowest BCUT2D eigenvalue weighted by atomic mass is 10.2. The number of nitrogens with zero attached hydrogens (tertiary/aromatic N) is 1. The van der Waals surface area contributed by atoms with E-state index in [1.807, 2.05) is 42.8 Å². The van der Waals surface area contributed by atoms with E-state index in [2.05, 4.69) is 30.4 Å². The zero-order valence-electron chi connectivity index (χ0n) is 11.3. The molecule has 1 heterocycles. The molecule has 0 unspecified atom stereocenters. The third-order valence-electron chi connectivity index (χ3n) is 2.61. The number of aryl methyl sites for hydroxylation is 1. The van der Waals surface area contributed by atoms with E-state index in [0.717, 1.165) is 24.9 Å². The summed E-state index contributed by atoms with van der Waals surface area (Å²) < 4.78 is 1.91. The van der Waals surface area contributed by atoms with Crippen molar-refractivity contribution >= 4 is 0 Å². The van der Waals surface area contributed by atoms with Gasteiger partial charge in [0.15, 0.2) is 0 Å². The Hall–Kier alpha value is -1.83. The highest BCUT2D eigenvalue weighted by molar-refractivity contribution is 5.08. The van der Waals surface area contributed by atoms with Crippen molar-refractivity contribution in [2.75, 3.05) is 0 Å². The van der Waals surface area contributed by atoms with E-state index in [4.69, 9.17) is 5.41 Å². The molecule has 0 radical (unpaired) electrons. The van der Waals surface area contributed by atoms with Gasteiger partial charge in [-0.2, -0.15) is 0 Å². The molecule has 0 aromatic carbocycles. The lowest BCUT2D eigenvalue weighted by molar-refractivity contribution is 0.745. The third-order valence-corrected chi connectivity index (χ3v) is 2.61. The summed E-state index contributed by atoms with van der Waals surface area (Å²) in [6, 6.07) is 3.90. The first-order valence-corrected chi connectivity index (χ1v) is 6.38. The first-order valence-electron chi connectivity index (χ1n) is 6.38. The van der Waals surface area contributed by atoms with Crippen LogP contribution in [-0.4, -0.2) is 4.57 Å². The van der Waals surface area contributed by atoms with Crippen molar-refractivity contribution in [3.05, 3.63) is 65.8 Å². The minimum Gasteiger partial charge on any atom is -0.330 e. The van der Waals surface area contributed by atoms with Crippen LogP contribution in [-0.2, 0) is 6.54 Å². The number of allylic oxidation sites excluding steroid dienone is 6. The van der Waals surface area contributed by atoms with E-state index in [1.54, 1.807) is 0 Å². The Labute approximate surface area is 109 Å². The molecule has 1 rings (SSSR count). The minimum atomic E-state index is 0.553. The van der Waals surface area contributed by atoms with Crippen molar-refractivity contribution in [3.8, 4) is 0 Å². The highest BCUT2D eigenvalue weighted by Gasteiger charge is 1.89. The molecule has 1 aromatic heterocycles. The number of aromatic nitrogens is 1. The van der Waals surface area contributed by atoms with Crippen LogP contribution >= 0.6 is 0 Å². The van der Waals surface area contributed by atoms with Gasteiger partial charge in [0.1, 0.15) is 5.49 Å². The molecule has 0 amide bonds. The molecule has 2 nitrogen and oxygen atoms in total. The van der Waals surface area contributed by atoms with Crippen LogP contribution in [0.3, 0.4) is 0 Å². The first kappa shape index (κ1) is 14.2. The Morgan fingerprint density at radius 1 is 1.17 bits per heavy atom. The number of pyridine rings is 1. The van der Waals surface area contributed by atoms with E-state index < -0.39 is 0 Å². The minimum absolute atomic E-state index is 0.553. The molecular formula is C16H22N2. The fourth-order valence-electron chi connectivity index (χ4n) is 1.58. The number of hydrogen-bond acceptors (Lipinski definition) is 1. The van der Waals surface area contributed by atoms with E-state index in [-0.39, 0.29) is 0 Å². The summed E-state index contributed by atoms with van der Waals surface area (Å²) in [4.78, 5) is 0. The Bertz CT molecular complexity index is 490. The topological polar surface area (TPSA) is 28.8 Å². The van der Waals surface area contributed by atoms with Crippen molar-refractivity contribution in [1.29, 1.82) is 5.41 Å². The maximum Gasteiger partial charge on any atom is 0.125 e. The van der Waals surface area contributed by atoms with Crippen molar-refractivity contribution in [2.24, 2.45) is 0 Å². The van der Waals surface area contributed by atoms with Gasteiger partial charge >= 0.3 is 0 Å². The van der Waals surface area contributed by atoms with Crippen LogP contribution in [0.4, 0.5) is 0 Å². The van der Waals surface area contributed by atoms with Gasteiger partial charge in [-0.3, -0.25) is 5.41 Å². The van der Waals surface area contributed by atoms with Crippen LogP contribution in [0.25, 0.3) is 0 Å². The number of nitrogens with one attached hydrogen (secondary N) is 1. The van der Waals surface area contributed by atoms with E-state index in [9.17, 15) is 0 Å². The lowest BCUT2D eigenvalue weighted by Gasteiger charge is -2.02. The fraction of sp³-hybridized carbons (Fsp3) is 0.312. The zero-order valence-corrected chi connectivity index (χ0v) is 11.3. The molecule has 18 heavy (non-hydrogen) atoms. The third kappa shape index (κ3) is 5.48. The molecule has 96 valence electrons. The summed E-state index contributed by atoms with van der Waals surface area (Å²) in [5.41, 5.74) is 1.68. The van der Waals surface area contributed by atoms with Gasteiger partial charge in [0.2, 0.25) is 0 Å². The Morgan fingerprint density at radius 2 is 1.89 bits per heavy atom. The molecule has 2 heteroatoms. The number of hydrogen-bond donors (Lipinski definition) is 1. The summed E-state index contributed by atoms with van der Waals surface area (Å²) in [5.74, 6) is 0. The van der Waals surface area contributed by atoms with Gasteiger partial charge in [-0.05, 0) is 44.4 Å². The second kappa shape index (κ2) is 8.29. The average Bonchev–Trinajstić information content (AvgIpc) is 2.35. The van der Waals surface area contributed by atoms with Gasteiger partial charge < -0.3 is 4.57 Å². The quantitative estimate of drug-likeness (QED) is 0.447. The zero-order chi connectivity index (χ0) is 13.2. The maximum atomic E-state index is 7.81. The fourth-order valence-corrected chi connectivity index (χ4v) is 1.58. The van der Waals surface area contributed by atoms with Crippen LogP contribution < -0.4 is 5.49 Å². The second-order valence-corrected chi connectivity index (χ2v) is 4.24. The van der Waals surface area contributed by atoms with Crippen molar-refractivity contribution in [3.63, 3.8) is 0 Å². The number of unbranched alkanes of at least 4 members (excludes halogenated alkanes) is 1. The van der Waals surface area contributed by atoms with Gasteiger partial charge in [-0.25, -0.2) is 0 Å². The Kier molecular flexibility index (Phi) is 6.55. The standard InChI is InChI=1S/C16H22N2/c1-3-4-5-6-7-8-9-10-12-18-13-11-15(2)14-16(18)17/h3-4,7-11,13-14,17H,5-6,12H2,1-2H3/b4-3-,8-7+,10-9+,17-16?. The molecule has 0 bridgehead atoms. The highest BCUT2D eigenvalue weighted by Crippen LogP contribution is 1.94. The predicted octanol–water partition coefficient (Wildman–Crippen LogP) is 3.74. The maximum absolute atomic E-state index is 7.81. The van der Waals surface area contributed by atoms with E-state index in [1.165, 1.54) is 0 Å². The molecule has 1 N–H and O–H groups in total. The molecule has 0 aliphatic carbocycles. The van der Waals surface area contributed by atoms with Crippen LogP contribution in [0.5, 0.6) is 0 Å². The SMILES string of the molecule is C/C=C\CC/C=C/C=C/Cn1ccc(C)cc1=N. The van der Waals surface area contributed by atoms with Crippen molar-refractivity contribution in [2.45, 2.75) is 33.2 Å². The molecule has 0 aliphatic heterocycles. The highest BCUT2D eigenvalue weighted by atomic mass is 15.0. The Morgan fingerprint density at radius 3 is 2.61 bits per heavy atom. The van der Waals surface area contributed by atoms with Crippen LogP contribution in [0, 0.1) is 12.3 Å². The van der Waals surface area contributed by atoms with Gasteiger partial charge in [-0.1, -0.05) is 36.5 Å². The molecule has 0 saturated carbocycles. The van der Waals surface area contributed by atoms with Crippen molar-refractivity contribution < 1.29 is 0 Å². The van der Waals surface area contributed by atoms with E-state index in [0.29, 0.717) is 5.49 Å². The monoisotopic (exact) mass is 242 g/mol. The van der Waals surface area contributed by atoms with Crippen LogP contribution in [0.2, 0.25) is 0 Å². The Balaban J connectivity index is 2.38.